The lowest BCUT2D eigenvalue weighted by atomic mass is 10.0. The molecule has 0 aliphatic heterocycles. The normalized spacial score (nSPS) is 11.3. The Morgan fingerprint density at radius 2 is 1.97 bits per heavy atom. The first-order chi connectivity index (χ1) is 14.4. The lowest BCUT2D eigenvalue weighted by Crippen LogP contribution is -2.15. The van der Waals surface area contributed by atoms with Crippen molar-refractivity contribution in [3.63, 3.8) is 0 Å². The van der Waals surface area contributed by atoms with Crippen LogP contribution in [0.25, 0.3) is 11.1 Å². The summed E-state index contributed by atoms with van der Waals surface area (Å²) in [5, 5.41) is 10.8. The van der Waals surface area contributed by atoms with Crippen LogP contribution in [0, 0.1) is 12.9 Å². The number of carbonyl (C=O) groups excluding carboxylic acids is 1. The lowest BCUT2D eigenvalue weighted by Gasteiger charge is -2.12. The fraction of sp³-hybridized carbons (Fsp3) is 0.174. The van der Waals surface area contributed by atoms with E-state index in [9.17, 15) is 9.18 Å². The number of halogens is 1. The maximum Gasteiger partial charge on any atom is 0.262 e. The van der Waals surface area contributed by atoms with Gasteiger partial charge in [0.25, 0.3) is 5.91 Å². The summed E-state index contributed by atoms with van der Waals surface area (Å²) < 4.78 is 15.3. The van der Waals surface area contributed by atoms with Crippen molar-refractivity contribution < 1.29 is 14.0 Å². The second-order valence-electron chi connectivity index (χ2n) is 6.71. The summed E-state index contributed by atoms with van der Waals surface area (Å²) in [6.45, 7) is 7.39. The zero-order valence-electron chi connectivity index (χ0n) is 17.1. The van der Waals surface area contributed by atoms with Crippen LogP contribution in [0.1, 0.15) is 28.5 Å². The van der Waals surface area contributed by atoms with Crippen LogP contribution in [-0.4, -0.2) is 28.0 Å². The number of anilines is 1. The van der Waals surface area contributed by atoms with Crippen LogP contribution < -0.4 is 5.32 Å². The van der Waals surface area contributed by atoms with Gasteiger partial charge in [-0.25, -0.2) is 4.68 Å². The Morgan fingerprint density at radius 3 is 2.60 bits per heavy atom. The highest BCUT2D eigenvalue weighted by atomic mass is 19.1. The molecule has 0 aliphatic rings. The molecule has 0 aliphatic carbocycles. The maximum atomic E-state index is 14.2. The summed E-state index contributed by atoms with van der Waals surface area (Å²) in [6.07, 6.45) is 1.63. The molecule has 154 valence electrons. The van der Waals surface area contributed by atoms with Gasteiger partial charge in [0.05, 0.1) is 11.4 Å². The minimum Gasteiger partial charge on any atom is -0.391 e. The number of nitrogens with zero attached hydrogens (tertiary/aromatic N) is 3. The molecule has 30 heavy (non-hydrogen) atoms. The summed E-state index contributed by atoms with van der Waals surface area (Å²) in [5.41, 5.74) is 4.23. The average molecular weight is 406 g/mol. The van der Waals surface area contributed by atoms with Crippen LogP contribution in [0.5, 0.6) is 0 Å². The molecule has 6 nitrogen and oxygen atoms in total. The number of oxime groups is 1. The predicted molar refractivity (Wildman–Crippen MR) is 116 cm³/mol. The maximum absolute atomic E-state index is 14.2. The first-order valence-corrected chi connectivity index (χ1v) is 9.40. The van der Waals surface area contributed by atoms with Crippen molar-refractivity contribution in [3.05, 3.63) is 84.0 Å². The van der Waals surface area contributed by atoms with Crippen LogP contribution in [-0.2, 0) is 11.9 Å². The molecule has 0 saturated carbocycles. The Bertz CT molecular complexity index is 1100. The zero-order chi connectivity index (χ0) is 21.7. The zero-order valence-corrected chi connectivity index (χ0v) is 17.1. The van der Waals surface area contributed by atoms with E-state index in [4.69, 9.17) is 4.84 Å². The van der Waals surface area contributed by atoms with Crippen molar-refractivity contribution in [2.45, 2.75) is 13.8 Å². The van der Waals surface area contributed by atoms with E-state index in [0.717, 1.165) is 27.1 Å². The molecule has 1 aromatic heterocycles. The molecule has 2 aromatic carbocycles. The molecule has 0 saturated heterocycles. The van der Waals surface area contributed by atoms with Gasteiger partial charge in [0, 0.05) is 18.3 Å². The van der Waals surface area contributed by atoms with Gasteiger partial charge in [0.2, 0.25) is 5.95 Å². The number of benzene rings is 2. The van der Waals surface area contributed by atoms with Crippen LogP contribution in [0.3, 0.4) is 0 Å². The molecular formula is C23H23FN4O2. The fourth-order valence-corrected chi connectivity index (χ4v) is 3.05. The van der Waals surface area contributed by atoms with Crippen molar-refractivity contribution in [1.82, 2.24) is 9.78 Å². The summed E-state index contributed by atoms with van der Waals surface area (Å²) in [6, 6.07) is 15.1. The molecule has 0 bridgehead atoms. The van der Waals surface area contributed by atoms with E-state index < -0.39 is 11.9 Å². The number of para-hydroxylation sites is 1. The van der Waals surface area contributed by atoms with Crippen molar-refractivity contribution in [1.29, 1.82) is 0 Å². The summed E-state index contributed by atoms with van der Waals surface area (Å²) in [7, 11) is 1.46. The fourth-order valence-electron chi connectivity index (χ4n) is 3.05. The third-order valence-electron chi connectivity index (χ3n) is 4.56. The number of carbonyl (C=O) groups is 1. The summed E-state index contributed by atoms with van der Waals surface area (Å²) in [4.78, 5) is 17.8. The molecule has 0 fully saturated rings. The Labute approximate surface area is 174 Å². The molecule has 0 spiro atoms. The lowest BCUT2D eigenvalue weighted by molar-refractivity contribution is 0.102. The first kappa shape index (κ1) is 21.0. The quantitative estimate of drug-likeness (QED) is 0.267. The van der Waals surface area contributed by atoms with E-state index in [2.05, 4.69) is 22.2 Å². The van der Waals surface area contributed by atoms with Gasteiger partial charge in [-0.3, -0.25) is 4.79 Å². The topological polar surface area (TPSA) is 68.5 Å². The number of amides is 1. The Hall–Kier alpha value is -3.74. The molecule has 1 amide bonds. The van der Waals surface area contributed by atoms with Gasteiger partial charge >= 0.3 is 0 Å². The smallest absolute Gasteiger partial charge is 0.262 e. The van der Waals surface area contributed by atoms with E-state index in [1.54, 1.807) is 19.1 Å². The number of nitrogens with one attached hydrogen (secondary N) is 1. The molecule has 7 heteroatoms. The van der Waals surface area contributed by atoms with E-state index >= 15 is 0 Å². The Balaban J connectivity index is 1.86. The number of aromatic nitrogens is 2. The third kappa shape index (κ3) is 4.46. The minimum absolute atomic E-state index is 0.0611. The van der Waals surface area contributed by atoms with Gasteiger partial charge in [-0.2, -0.15) is 9.49 Å². The monoisotopic (exact) mass is 406 g/mol. The predicted octanol–water partition coefficient (Wildman–Crippen LogP) is 4.71. The van der Waals surface area contributed by atoms with E-state index in [0.29, 0.717) is 18.0 Å². The van der Waals surface area contributed by atoms with Crippen molar-refractivity contribution >= 4 is 17.3 Å². The van der Waals surface area contributed by atoms with Gasteiger partial charge in [-0.15, -0.1) is 0 Å². The van der Waals surface area contributed by atoms with Gasteiger partial charge in [-0.1, -0.05) is 60.3 Å². The standard InChI is InChI=1S/C23H23FN4O2/c1-5-14-30-27-15(2)17-10-12-18(13-11-17)19-8-6-7-9-20(19)25-23(29)21-16(3)26-28(4)22(21)24/h5-13H,1,14H2,2-4H3,(H,25,29)/b27-15+. The Morgan fingerprint density at radius 1 is 1.27 bits per heavy atom. The number of aryl methyl sites for hydroxylation is 2. The molecule has 3 aromatic rings. The number of rotatable bonds is 7. The van der Waals surface area contributed by atoms with Crippen LogP contribution in [0.15, 0.2) is 66.3 Å². The second-order valence-corrected chi connectivity index (χ2v) is 6.71. The highest BCUT2D eigenvalue weighted by Gasteiger charge is 2.21. The molecular weight excluding hydrogens is 383 g/mol. The molecule has 0 radical (unpaired) electrons. The molecule has 1 N–H and O–H groups in total. The molecule has 0 atom stereocenters. The minimum atomic E-state index is -0.666. The van der Waals surface area contributed by atoms with Crippen LogP contribution in [0.4, 0.5) is 10.1 Å². The largest absolute Gasteiger partial charge is 0.391 e. The summed E-state index contributed by atoms with van der Waals surface area (Å²) >= 11 is 0. The second kappa shape index (κ2) is 9.17. The highest BCUT2D eigenvalue weighted by Crippen LogP contribution is 2.29. The molecule has 0 unspecified atom stereocenters. The van der Waals surface area contributed by atoms with E-state index in [-0.39, 0.29) is 5.56 Å². The van der Waals surface area contributed by atoms with Gasteiger partial charge in [0.1, 0.15) is 12.2 Å². The van der Waals surface area contributed by atoms with E-state index in [1.807, 2.05) is 49.4 Å². The number of hydrogen-bond acceptors (Lipinski definition) is 4. The van der Waals surface area contributed by atoms with E-state index in [1.165, 1.54) is 7.05 Å². The summed E-state index contributed by atoms with van der Waals surface area (Å²) in [5.74, 6) is -1.20. The van der Waals surface area contributed by atoms with Crippen molar-refractivity contribution in [3.8, 4) is 11.1 Å². The molecule has 1 heterocycles. The third-order valence-corrected chi connectivity index (χ3v) is 4.56. The Kier molecular flexibility index (Phi) is 6.41. The molecule has 3 rings (SSSR count). The van der Waals surface area contributed by atoms with Gasteiger partial charge in [0.15, 0.2) is 0 Å². The average Bonchev–Trinajstić information content (AvgIpc) is 3.00. The van der Waals surface area contributed by atoms with Crippen LogP contribution >= 0.6 is 0 Å². The van der Waals surface area contributed by atoms with Crippen molar-refractivity contribution in [2.24, 2.45) is 12.2 Å². The van der Waals surface area contributed by atoms with Crippen molar-refractivity contribution in [2.75, 3.05) is 11.9 Å². The van der Waals surface area contributed by atoms with Gasteiger partial charge < -0.3 is 10.2 Å². The number of hydrogen-bond donors (Lipinski definition) is 1. The van der Waals surface area contributed by atoms with Crippen LogP contribution in [0.2, 0.25) is 0 Å². The van der Waals surface area contributed by atoms with Gasteiger partial charge in [-0.05, 0) is 31.0 Å². The highest BCUT2D eigenvalue weighted by molar-refractivity contribution is 6.07. The SMILES string of the molecule is C=CCO/N=C(\C)c1ccc(-c2ccccc2NC(=O)c2c(C)nn(C)c2F)cc1. The first-order valence-electron chi connectivity index (χ1n) is 9.40.